The Kier molecular flexibility index (Phi) is 2.18. The molecular weight excluding hydrogens is 182 g/mol. The Bertz CT molecular complexity index is 381. The smallest absolute Gasteiger partial charge is 0.335 e. The molecule has 1 N–H and O–H groups in total. The second kappa shape index (κ2) is 3.49. The van der Waals surface area contributed by atoms with E-state index in [1.165, 1.54) is 0 Å². The maximum Gasteiger partial charge on any atom is 0.335 e. The highest BCUT2D eigenvalue weighted by Crippen LogP contribution is 2.11. The molecule has 0 fully saturated rings. The third kappa shape index (κ3) is 1.59. The first kappa shape index (κ1) is 8.74. The van der Waals surface area contributed by atoms with Crippen LogP contribution in [0.25, 0.3) is 0 Å². The summed E-state index contributed by atoms with van der Waals surface area (Å²) in [4.78, 5) is 15.4. The summed E-state index contributed by atoms with van der Waals surface area (Å²) in [5.41, 5.74) is 2.09. The van der Waals surface area contributed by atoms with Crippen molar-refractivity contribution < 1.29 is 14.7 Å². The fraction of sp³-hybridized carbons (Fsp3) is 0.200. The zero-order valence-corrected chi connectivity index (χ0v) is 7.43. The molecule has 0 radical (unpaired) electrons. The molecule has 1 aromatic carbocycles. The van der Waals surface area contributed by atoms with Gasteiger partial charge < -0.3 is 9.94 Å². The third-order valence-corrected chi connectivity index (χ3v) is 2.07. The average Bonchev–Trinajstić information content (AvgIpc) is 2.71. The van der Waals surface area contributed by atoms with E-state index in [2.05, 4.69) is 5.16 Å². The van der Waals surface area contributed by atoms with Crippen molar-refractivity contribution in [1.29, 1.82) is 0 Å². The zero-order chi connectivity index (χ0) is 9.97. The molecule has 0 saturated carbocycles. The van der Waals surface area contributed by atoms with Crippen LogP contribution in [0.3, 0.4) is 0 Å². The summed E-state index contributed by atoms with van der Waals surface area (Å²) in [5.74, 6) is -0.916. The molecule has 72 valence electrons. The molecule has 0 aliphatic carbocycles. The summed E-state index contributed by atoms with van der Waals surface area (Å²) >= 11 is 0. The highest BCUT2D eigenvalue weighted by Gasteiger charge is 2.11. The number of rotatable bonds is 2. The number of carboxylic acids is 1. The van der Waals surface area contributed by atoms with Crippen molar-refractivity contribution in [2.75, 3.05) is 6.61 Å². The van der Waals surface area contributed by atoms with Gasteiger partial charge in [-0.2, -0.15) is 0 Å². The minimum atomic E-state index is -0.916. The average molecular weight is 191 g/mol. The van der Waals surface area contributed by atoms with E-state index >= 15 is 0 Å². The molecule has 1 aliphatic heterocycles. The molecule has 0 spiro atoms. The molecule has 1 aliphatic rings. The zero-order valence-electron chi connectivity index (χ0n) is 7.43. The number of benzene rings is 1. The van der Waals surface area contributed by atoms with Gasteiger partial charge in [0.1, 0.15) is 6.61 Å². The van der Waals surface area contributed by atoms with E-state index in [4.69, 9.17) is 9.94 Å². The minimum absolute atomic E-state index is 0.285. The number of oxime groups is 1. The van der Waals surface area contributed by atoms with Crippen molar-refractivity contribution >= 4 is 11.7 Å². The minimum Gasteiger partial charge on any atom is -0.478 e. The first-order chi connectivity index (χ1) is 6.77. The Hall–Kier alpha value is -1.84. The molecule has 4 heteroatoms. The van der Waals surface area contributed by atoms with Crippen molar-refractivity contribution in [2.45, 2.75) is 6.42 Å². The van der Waals surface area contributed by atoms with Crippen LogP contribution >= 0.6 is 0 Å². The summed E-state index contributed by atoms with van der Waals surface area (Å²) in [6, 6.07) is 6.63. The molecule has 0 unspecified atom stereocenters. The van der Waals surface area contributed by atoms with Gasteiger partial charge in [-0.3, -0.25) is 0 Å². The monoisotopic (exact) mass is 191 g/mol. The van der Waals surface area contributed by atoms with E-state index < -0.39 is 5.97 Å². The van der Waals surface area contributed by atoms with E-state index in [0.717, 1.165) is 17.7 Å². The van der Waals surface area contributed by atoms with Gasteiger partial charge in [-0.25, -0.2) is 4.79 Å². The summed E-state index contributed by atoms with van der Waals surface area (Å²) < 4.78 is 0. The molecule has 0 saturated heterocycles. The topological polar surface area (TPSA) is 58.9 Å². The van der Waals surface area contributed by atoms with Crippen molar-refractivity contribution in [3.63, 3.8) is 0 Å². The fourth-order valence-electron chi connectivity index (χ4n) is 1.31. The van der Waals surface area contributed by atoms with E-state index in [9.17, 15) is 4.79 Å². The molecule has 1 aromatic rings. The molecule has 0 aromatic heterocycles. The lowest BCUT2D eigenvalue weighted by Gasteiger charge is -1.98. The fourth-order valence-corrected chi connectivity index (χ4v) is 1.31. The maximum atomic E-state index is 10.6. The normalized spacial score (nSPS) is 14.7. The molecule has 2 rings (SSSR count). The predicted molar refractivity (Wildman–Crippen MR) is 50.5 cm³/mol. The van der Waals surface area contributed by atoms with Crippen LogP contribution < -0.4 is 0 Å². The van der Waals surface area contributed by atoms with Gasteiger partial charge in [0.05, 0.1) is 11.3 Å². The number of carboxylic acid groups (broad SMARTS) is 1. The predicted octanol–water partition coefficient (Wildman–Crippen LogP) is 1.51. The van der Waals surface area contributed by atoms with Crippen molar-refractivity contribution in [3.05, 3.63) is 35.4 Å². The molecule has 4 nitrogen and oxygen atoms in total. The van der Waals surface area contributed by atoms with Crippen LogP contribution in [0, 0.1) is 0 Å². The van der Waals surface area contributed by atoms with Crippen LogP contribution in [0.2, 0.25) is 0 Å². The van der Waals surface area contributed by atoms with Gasteiger partial charge in [-0.15, -0.1) is 0 Å². The van der Waals surface area contributed by atoms with Gasteiger partial charge in [0.2, 0.25) is 0 Å². The van der Waals surface area contributed by atoms with Gasteiger partial charge >= 0.3 is 5.97 Å². The maximum absolute atomic E-state index is 10.6. The lowest BCUT2D eigenvalue weighted by molar-refractivity contribution is 0.0697. The standard InChI is InChI=1S/C10H9NO3/c12-10(13)8-3-1-7(2-4-8)9-5-6-14-11-9/h1-4H,5-6H2,(H,12,13). The molecular formula is C10H9NO3. The van der Waals surface area contributed by atoms with Crippen LogP contribution in [0.4, 0.5) is 0 Å². The van der Waals surface area contributed by atoms with Crippen LogP contribution in [0.5, 0.6) is 0 Å². The largest absolute Gasteiger partial charge is 0.478 e. The Balaban J connectivity index is 2.25. The van der Waals surface area contributed by atoms with E-state index in [0.29, 0.717) is 6.61 Å². The molecule has 14 heavy (non-hydrogen) atoms. The lowest BCUT2D eigenvalue weighted by atomic mass is 10.1. The molecule has 0 bridgehead atoms. The van der Waals surface area contributed by atoms with Crippen LogP contribution in [0.15, 0.2) is 29.4 Å². The van der Waals surface area contributed by atoms with Gasteiger partial charge in [0.25, 0.3) is 0 Å². The quantitative estimate of drug-likeness (QED) is 0.770. The third-order valence-electron chi connectivity index (χ3n) is 2.07. The number of aromatic carboxylic acids is 1. The molecule has 0 atom stereocenters. The van der Waals surface area contributed by atoms with Crippen molar-refractivity contribution in [2.24, 2.45) is 5.16 Å². The van der Waals surface area contributed by atoms with Gasteiger partial charge in [-0.1, -0.05) is 17.3 Å². The highest BCUT2D eigenvalue weighted by atomic mass is 16.6. The Morgan fingerprint density at radius 3 is 2.57 bits per heavy atom. The second-order valence-corrected chi connectivity index (χ2v) is 3.00. The van der Waals surface area contributed by atoms with Crippen LogP contribution in [-0.4, -0.2) is 23.4 Å². The van der Waals surface area contributed by atoms with Gasteiger partial charge in [0.15, 0.2) is 0 Å². The Morgan fingerprint density at radius 1 is 1.36 bits per heavy atom. The first-order valence-electron chi connectivity index (χ1n) is 4.30. The van der Waals surface area contributed by atoms with E-state index in [1.807, 2.05) is 0 Å². The van der Waals surface area contributed by atoms with Crippen LogP contribution in [0.1, 0.15) is 22.3 Å². The van der Waals surface area contributed by atoms with E-state index in [-0.39, 0.29) is 5.56 Å². The highest BCUT2D eigenvalue weighted by molar-refractivity contribution is 6.01. The van der Waals surface area contributed by atoms with Crippen LogP contribution in [-0.2, 0) is 4.84 Å². The summed E-state index contributed by atoms with van der Waals surface area (Å²) in [5, 5.41) is 12.5. The lowest BCUT2D eigenvalue weighted by Crippen LogP contribution is -2.00. The summed E-state index contributed by atoms with van der Waals surface area (Å²) in [7, 11) is 0. The van der Waals surface area contributed by atoms with E-state index in [1.54, 1.807) is 24.3 Å². The van der Waals surface area contributed by atoms with Crippen molar-refractivity contribution in [3.8, 4) is 0 Å². The number of hydrogen-bond acceptors (Lipinski definition) is 3. The first-order valence-corrected chi connectivity index (χ1v) is 4.30. The van der Waals surface area contributed by atoms with Gasteiger partial charge in [0, 0.05) is 6.42 Å². The Morgan fingerprint density at radius 2 is 2.07 bits per heavy atom. The van der Waals surface area contributed by atoms with Crippen molar-refractivity contribution in [1.82, 2.24) is 0 Å². The number of nitrogens with zero attached hydrogens (tertiary/aromatic N) is 1. The number of carbonyl (C=O) groups is 1. The summed E-state index contributed by atoms with van der Waals surface area (Å²) in [6.45, 7) is 0.607. The molecule has 0 amide bonds. The SMILES string of the molecule is O=C(O)c1ccc(C2=NOCC2)cc1. The molecule has 1 heterocycles. The second-order valence-electron chi connectivity index (χ2n) is 3.00. The van der Waals surface area contributed by atoms with Gasteiger partial charge in [-0.05, 0) is 17.7 Å². The number of hydrogen-bond donors (Lipinski definition) is 1. The summed E-state index contributed by atoms with van der Waals surface area (Å²) in [6.07, 6.45) is 0.784. The Labute approximate surface area is 80.8 Å².